The average Bonchev–Trinajstić information content (AvgIpc) is 3.67. The Labute approximate surface area is 245 Å². The normalized spacial score (nSPS) is 13.6. The number of hydrogen-bond donors (Lipinski definition) is 2. The molecule has 0 atom stereocenters. The van der Waals surface area contributed by atoms with Gasteiger partial charge >= 0.3 is 0 Å². The smallest absolute Gasteiger partial charge is 0.0694 e. The fourth-order valence-electron chi connectivity index (χ4n) is 7.24. The van der Waals surface area contributed by atoms with Gasteiger partial charge in [0.2, 0.25) is 0 Å². The van der Waals surface area contributed by atoms with Crippen molar-refractivity contribution < 1.29 is 0 Å². The Morgan fingerprint density at radius 2 is 0.854 bits per heavy atom. The van der Waals surface area contributed by atoms with Gasteiger partial charge in [-0.25, -0.2) is 9.97 Å². The lowest BCUT2D eigenvalue weighted by molar-refractivity contribution is 1.07. The van der Waals surface area contributed by atoms with Gasteiger partial charge in [-0.3, -0.25) is 4.68 Å². The zero-order valence-corrected chi connectivity index (χ0v) is 26.4. The van der Waals surface area contributed by atoms with Gasteiger partial charge in [0.15, 0.2) is 0 Å². The van der Waals surface area contributed by atoms with Crippen LogP contribution in [0.5, 0.6) is 0 Å². The molecule has 0 spiro atoms. The third kappa shape index (κ3) is 4.64. The van der Waals surface area contributed by atoms with Crippen LogP contribution in [0.25, 0.3) is 44.4 Å². The third-order valence-electron chi connectivity index (χ3n) is 9.17. The van der Waals surface area contributed by atoms with E-state index in [1.54, 1.807) is 0 Å². The summed E-state index contributed by atoms with van der Waals surface area (Å²) in [6, 6.07) is 9.06. The van der Waals surface area contributed by atoms with Crippen LogP contribution in [0.1, 0.15) is 126 Å². The van der Waals surface area contributed by atoms with Crippen molar-refractivity contribution in [3.63, 3.8) is 0 Å². The Morgan fingerprint density at radius 3 is 1.27 bits per heavy atom. The highest BCUT2D eigenvalue weighted by Gasteiger charge is 2.23. The second kappa shape index (κ2) is 11.7. The number of H-pyrrole nitrogens is 1. The molecule has 3 N–H and O–H groups in total. The van der Waals surface area contributed by atoms with E-state index in [0.717, 1.165) is 96.2 Å². The van der Waals surface area contributed by atoms with Crippen molar-refractivity contribution in [2.75, 3.05) is 5.84 Å². The molecule has 0 amide bonds. The van der Waals surface area contributed by atoms with E-state index in [1.165, 1.54) is 44.5 Å². The van der Waals surface area contributed by atoms with Gasteiger partial charge in [0.25, 0.3) is 0 Å². The number of nitrogens with zero attached hydrogens (tertiary/aromatic N) is 3. The molecular weight excluding hydrogens is 502 g/mol. The first kappa shape index (κ1) is 28.9. The average molecular weight is 550 g/mol. The second-order valence-corrected chi connectivity index (χ2v) is 11.1. The number of nitrogens with one attached hydrogen (secondary N) is 1. The standard InChI is InChI=1S/C36H47N5/c1-9-21-22(10-2)30-18-32-24(12-4)26(14-6)34(40-32)20-36-28(16-8)27(15-7)35(41(36)37)19-33-25(13-5)23(11-3)31(39-33)17-29(21)38-30/h17-20,39H,9-16,37H2,1-8H3. The van der Waals surface area contributed by atoms with Gasteiger partial charge < -0.3 is 10.8 Å². The van der Waals surface area contributed by atoms with E-state index < -0.39 is 0 Å². The van der Waals surface area contributed by atoms with Crippen molar-refractivity contribution in [3.05, 3.63) is 69.3 Å². The van der Waals surface area contributed by atoms with Crippen molar-refractivity contribution in [2.24, 2.45) is 0 Å². The SMILES string of the molecule is CCC1=C(CC)c2cc3[nH]c(cc4c(CC)c(CC)c(cc5nc(cc1n2)C(CC)=C5CC)n4N)c(CC)c3CC. The first-order valence-electron chi connectivity index (χ1n) is 15.9. The summed E-state index contributed by atoms with van der Waals surface area (Å²) >= 11 is 0. The number of aromatic amines is 1. The van der Waals surface area contributed by atoms with Crippen LogP contribution in [0.4, 0.5) is 0 Å². The van der Waals surface area contributed by atoms with E-state index in [0.29, 0.717) is 0 Å². The van der Waals surface area contributed by atoms with Crippen LogP contribution in [-0.4, -0.2) is 19.6 Å². The van der Waals surface area contributed by atoms with Gasteiger partial charge in [-0.1, -0.05) is 55.4 Å². The van der Waals surface area contributed by atoms with Crippen LogP contribution in [0, 0.1) is 0 Å². The summed E-state index contributed by atoms with van der Waals surface area (Å²) in [4.78, 5) is 14.4. The minimum Gasteiger partial charge on any atom is -0.355 e. The van der Waals surface area contributed by atoms with Gasteiger partial charge in [0.1, 0.15) is 0 Å². The predicted molar refractivity (Wildman–Crippen MR) is 177 cm³/mol. The highest BCUT2D eigenvalue weighted by atomic mass is 15.3. The molecule has 8 bridgehead atoms. The van der Waals surface area contributed by atoms with E-state index >= 15 is 0 Å². The lowest BCUT2D eigenvalue weighted by Gasteiger charge is -2.05. The molecule has 5 rings (SSSR count). The number of fused-ring (bicyclic) bond motifs is 8. The highest BCUT2D eigenvalue weighted by Crippen LogP contribution is 2.39. The van der Waals surface area contributed by atoms with E-state index in [9.17, 15) is 0 Å². The second-order valence-electron chi connectivity index (χ2n) is 11.1. The van der Waals surface area contributed by atoms with E-state index in [-0.39, 0.29) is 0 Å². The molecule has 3 aromatic rings. The summed E-state index contributed by atoms with van der Waals surface area (Å²) in [5.74, 6) is 6.99. The molecule has 0 saturated carbocycles. The fraction of sp³-hybridized carbons (Fsp3) is 0.444. The van der Waals surface area contributed by atoms with Crippen LogP contribution in [0.3, 0.4) is 0 Å². The van der Waals surface area contributed by atoms with Crippen molar-refractivity contribution in [2.45, 2.75) is 107 Å². The summed E-state index contributed by atoms with van der Waals surface area (Å²) in [6.45, 7) is 17.9. The molecule has 0 saturated heterocycles. The molecule has 5 heterocycles. The van der Waals surface area contributed by atoms with Crippen LogP contribution in [-0.2, 0) is 25.7 Å². The van der Waals surface area contributed by atoms with Gasteiger partial charge in [-0.05, 0) is 120 Å². The summed E-state index contributed by atoms with van der Waals surface area (Å²) in [5, 5.41) is 0. The molecule has 0 fully saturated rings. The van der Waals surface area contributed by atoms with Crippen LogP contribution < -0.4 is 5.84 Å². The summed E-state index contributed by atoms with van der Waals surface area (Å²) in [7, 11) is 0. The molecule has 41 heavy (non-hydrogen) atoms. The number of aromatic nitrogens is 4. The minimum absolute atomic E-state index is 0.923. The van der Waals surface area contributed by atoms with Crippen LogP contribution in [0.2, 0.25) is 0 Å². The Balaban J connectivity index is 2.07. The van der Waals surface area contributed by atoms with Crippen LogP contribution in [0.15, 0.2) is 24.3 Å². The molecule has 0 unspecified atom stereocenters. The lowest BCUT2D eigenvalue weighted by Crippen LogP contribution is -2.07. The summed E-state index contributed by atoms with van der Waals surface area (Å²) < 4.78 is 1.91. The fourth-order valence-corrected chi connectivity index (χ4v) is 7.24. The van der Waals surface area contributed by atoms with Crippen LogP contribution >= 0.6 is 0 Å². The summed E-state index contributed by atoms with van der Waals surface area (Å²) in [6.07, 6.45) is 7.54. The van der Waals surface area contributed by atoms with Crippen molar-refractivity contribution >= 4 is 44.4 Å². The first-order chi connectivity index (χ1) is 19.9. The maximum Gasteiger partial charge on any atom is 0.0694 e. The Morgan fingerprint density at radius 1 is 0.488 bits per heavy atom. The number of aryl methyl sites for hydroxylation is 4. The quantitative estimate of drug-likeness (QED) is 0.275. The van der Waals surface area contributed by atoms with Gasteiger partial charge in [0.05, 0.1) is 33.8 Å². The molecule has 216 valence electrons. The third-order valence-corrected chi connectivity index (χ3v) is 9.17. The predicted octanol–water partition coefficient (Wildman–Crippen LogP) is 9.21. The first-order valence-corrected chi connectivity index (χ1v) is 15.9. The Kier molecular flexibility index (Phi) is 8.26. The number of nitrogens with two attached hydrogens (primary N) is 1. The van der Waals surface area contributed by atoms with Crippen molar-refractivity contribution in [1.29, 1.82) is 0 Å². The topological polar surface area (TPSA) is 72.5 Å². The number of allylic oxidation sites excluding steroid dienone is 4. The minimum atomic E-state index is 0.923. The molecular formula is C36H47N5. The molecule has 0 aromatic carbocycles. The van der Waals surface area contributed by atoms with E-state index in [2.05, 4.69) is 84.6 Å². The Hall–Kier alpha value is -3.60. The number of nitrogen functional groups attached to an aromatic ring is 1. The van der Waals surface area contributed by atoms with Crippen molar-refractivity contribution in [1.82, 2.24) is 19.6 Å². The molecule has 5 heteroatoms. The summed E-state index contributed by atoms with van der Waals surface area (Å²) in [5.41, 5.74) is 19.4. The molecule has 5 nitrogen and oxygen atoms in total. The van der Waals surface area contributed by atoms with Gasteiger partial charge in [-0.2, -0.15) is 0 Å². The van der Waals surface area contributed by atoms with E-state index in [4.69, 9.17) is 15.8 Å². The largest absolute Gasteiger partial charge is 0.355 e. The maximum atomic E-state index is 6.99. The van der Waals surface area contributed by atoms with E-state index in [1.807, 2.05) is 4.68 Å². The monoisotopic (exact) mass is 549 g/mol. The number of rotatable bonds is 8. The maximum absolute atomic E-state index is 6.99. The highest BCUT2D eigenvalue weighted by molar-refractivity contribution is 5.96. The molecule has 2 aliphatic heterocycles. The molecule has 3 aromatic heterocycles. The number of hydrogen-bond acceptors (Lipinski definition) is 3. The molecule has 0 radical (unpaired) electrons. The zero-order valence-electron chi connectivity index (χ0n) is 26.4. The Bertz CT molecular complexity index is 1720. The van der Waals surface area contributed by atoms with Crippen molar-refractivity contribution in [3.8, 4) is 0 Å². The van der Waals surface area contributed by atoms with Gasteiger partial charge in [-0.15, -0.1) is 0 Å². The van der Waals surface area contributed by atoms with Gasteiger partial charge in [0, 0.05) is 11.0 Å². The zero-order chi connectivity index (χ0) is 29.4. The molecule has 2 aliphatic rings. The lowest BCUT2D eigenvalue weighted by atomic mass is 9.97. The molecule has 0 aliphatic carbocycles.